The molecule has 0 saturated heterocycles. The van der Waals surface area contributed by atoms with Crippen LogP contribution in [0.3, 0.4) is 0 Å². The van der Waals surface area contributed by atoms with Crippen LogP contribution in [0.2, 0.25) is 0 Å². The maximum absolute atomic E-state index is 12.8. The van der Waals surface area contributed by atoms with Gasteiger partial charge >= 0.3 is 6.09 Å². The lowest BCUT2D eigenvalue weighted by molar-refractivity contribution is 0.201. The van der Waals surface area contributed by atoms with Gasteiger partial charge in [0.1, 0.15) is 5.82 Å². The number of carboxylic acid groups (broad SMARTS) is 1. The molecule has 2 aromatic rings. The summed E-state index contributed by atoms with van der Waals surface area (Å²) in [7, 11) is 0. The maximum atomic E-state index is 12.8. The van der Waals surface area contributed by atoms with Gasteiger partial charge in [-0.3, -0.25) is 9.88 Å². The van der Waals surface area contributed by atoms with Crippen LogP contribution in [0.15, 0.2) is 48.8 Å². The van der Waals surface area contributed by atoms with E-state index >= 15 is 0 Å². The molecule has 0 aliphatic rings. The predicted molar refractivity (Wildman–Crippen MR) is 64.8 cm³/mol. The third-order valence-corrected chi connectivity index (χ3v) is 2.46. The van der Waals surface area contributed by atoms with Gasteiger partial charge in [0.25, 0.3) is 0 Å². The van der Waals surface area contributed by atoms with E-state index in [0.717, 1.165) is 10.5 Å². The summed E-state index contributed by atoms with van der Waals surface area (Å²) in [6, 6.07) is 8.81. The van der Waals surface area contributed by atoms with Crippen molar-refractivity contribution < 1.29 is 14.3 Å². The van der Waals surface area contributed by atoms with Crippen molar-refractivity contribution in [2.75, 3.05) is 4.90 Å². The third-order valence-electron chi connectivity index (χ3n) is 2.46. The number of anilines is 1. The summed E-state index contributed by atoms with van der Waals surface area (Å²) in [5.41, 5.74) is 1.25. The summed E-state index contributed by atoms with van der Waals surface area (Å²) in [6.07, 6.45) is 2.11. The zero-order valence-electron chi connectivity index (χ0n) is 9.45. The largest absolute Gasteiger partial charge is 0.465 e. The van der Waals surface area contributed by atoms with Crippen LogP contribution in [0.1, 0.15) is 5.56 Å². The molecule has 0 unspecified atom stereocenters. The zero-order valence-corrected chi connectivity index (χ0v) is 9.45. The van der Waals surface area contributed by atoms with Gasteiger partial charge in [-0.25, -0.2) is 9.18 Å². The Bertz CT molecular complexity index is 528. The van der Waals surface area contributed by atoms with Crippen molar-refractivity contribution in [1.29, 1.82) is 0 Å². The molecule has 1 amide bonds. The number of hydrogen-bond acceptors (Lipinski definition) is 2. The molecule has 2 rings (SSSR count). The Morgan fingerprint density at radius 2 is 1.78 bits per heavy atom. The molecule has 1 aromatic heterocycles. The lowest BCUT2D eigenvalue weighted by atomic mass is 10.2. The normalized spacial score (nSPS) is 10.1. The molecule has 0 atom stereocenters. The van der Waals surface area contributed by atoms with E-state index in [-0.39, 0.29) is 6.54 Å². The highest BCUT2D eigenvalue weighted by Gasteiger charge is 2.14. The highest BCUT2D eigenvalue weighted by Crippen LogP contribution is 2.17. The fourth-order valence-electron chi connectivity index (χ4n) is 1.56. The molecular formula is C13H11FN2O2. The molecule has 0 bridgehead atoms. The second-order valence-corrected chi connectivity index (χ2v) is 3.70. The molecule has 0 fully saturated rings. The summed E-state index contributed by atoms with van der Waals surface area (Å²) >= 11 is 0. The average Bonchev–Trinajstić information content (AvgIpc) is 2.38. The van der Waals surface area contributed by atoms with Crippen molar-refractivity contribution in [2.45, 2.75) is 6.54 Å². The molecule has 92 valence electrons. The van der Waals surface area contributed by atoms with Gasteiger partial charge in [0, 0.05) is 18.1 Å². The standard InChI is InChI=1S/C13H11FN2O2/c14-11-1-3-12(4-2-11)16(13(17)18)9-10-5-7-15-8-6-10/h1-8H,9H2,(H,17,18). The minimum atomic E-state index is -1.08. The number of halogens is 1. The van der Waals surface area contributed by atoms with Gasteiger partial charge in [-0.1, -0.05) is 0 Å². The minimum absolute atomic E-state index is 0.198. The molecule has 0 radical (unpaired) electrons. The van der Waals surface area contributed by atoms with Crippen molar-refractivity contribution in [2.24, 2.45) is 0 Å². The first-order valence-corrected chi connectivity index (χ1v) is 5.32. The first-order valence-electron chi connectivity index (χ1n) is 5.32. The van der Waals surface area contributed by atoms with Crippen molar-refractivity contribution in [3.05, 3.63) is 60.2 Å². The second-order valence-electron chi connectivity index (χ2n) is 3.70. The van der Waals surface area contributed by atoms with Crippen LogP contribution >= 0.6 is 0 Å². The SMILES string of the molecule is O=C(O)N(Cc1ccncc1)c1ccc(F)cc1. The number of pyridine rings is 1. The summed E-state index contributed by atoms with van der Waals surface area (Å²) in [5, 5.41) is 9.17. The van der Waals surface area contributed by atoms with Gasteiger partial charge < -0.3 is 5.11 Å². The van der Waals surface area contributed by atoms with Gasteiger partial charge in [0.2, 0.25) is 0 Å². The van der Waals surface area contributed by atoms with E-state index < -0.39 is 11.9 Å². The van der Waals surface area contributed by atoms with Gasteiger partial charge in [-0.2, -0.15) is 0 Å². The fourth-order valence-corrected chi connectivity index (χ4v) is 1.56. The van der Waals surface area contributed by atoms with Crippen molar-refractivity contribution in [3.8, 4) is 0 Å². The van der Waals surface area contributed by atoms with Gasteiger partial charge in [-0.15, -0.1) is 0 Å². The zero-order chi connectivity index (χ0) is 13.0. The van der Waals surface area contributed by atoms with E-state index in [1.165, 1.54) is 24.3 Å². The number of nitrogens with zero attached hydrogens (tertiary/aromatic N) is 2. The van der Waals surface area contributed by atoms with E-state index in [9.17, 15) is 14.3 Å². The summed E-state index contributed by atoms with van der Waals surface area (Å²) in [6.45, 7) is 0.198. The average molecular weight is 246 g/mol. The Morgan fingerprint density at radius 3 is 2.33 bits per heavy atom. The van der Waals surface area contributed by atoms with Gasteiger partial charge in [0.05, 0.1) is 6.54 Å². The molecule has 0 aliphatic carbocycles. The van der Waals surface area contributed by atoms with Crippen molar-refractivity contribution in [1.82, 2.24) is 4.98 Å². The predicted octanol–water partition coefficient (Wildman–Crippen LogP) is 2.91. The lowest BCUT2D eigenvalue weighted by Gasteiger charge is -2.19. The van der Waals surface area contributed by atoms with Crippen LogP contribution in [-0.4, -0.2) is 16.2 Å². The molecule has 1 heterocycles. The Balaban J connectivity index is 2.24. The summed E-state index contributed by atoms with van der Waals surface area (Å²) in [4.78, 5) is 16.2. The minimum Gasteiger partial charge on any atom is -0.465 e. The van der Waals surface area contributed by atoms with Crippen LogP contribution in [-0.2, 0) is 6.54 Å². The Hall–Kier alpha value is -2.43. The van der Waals surface area contributed by atoms with E-state index in [4.69, 9.17) is 0 Å². The van der Waals surface area contributed by atoms with Gasteiger partial charge in [-0.05, 0) is 42.0 Å². The molecule has 0 spiro atoms. The first kappa shape index (κ1) is 12.0. The smallest absolute Gasteiger partial charge is 0.412 e. The molecular weight excluding hydrogens is 235 g/mol. The Morgan fingerprint density at radius 1 is 1.17 bits per heavy atom. The monoisotopic (exact) mass is 246 g/mol. The highest BCUT2D eigenvalue weighted by molar-refractivity contribution is 5.85. The van der Waals surface area contributed by atoms with E-state index in [2.05, 4.69) is 4.98 Å². The van der Waals surface area contributed by atoms with E-state index in [1.807, 2.05) is 0 Å². The van der Waals surface area contributed by atoms with Crippen LogP contribution in [0, 0.1) is 5.82 Å². The number of hydrogen-bond donors (Lipinski definition) is 1. The highest BCUT2D eigenvalue weighted by atomic mass is 19.1. The first-order chi connectivity index (χ1) is 8.66. The van der Waals surface area contributed by atoms with Gasteiger partial charge in [0.15, 0.2) is 0 Å². The molecule has 1 N–H and O–H groups in total. The van der Waals surface area contributed by atoms with Crippen molar-refractivity contribution in [3.63, 3.8) is 0 Å². The maximum Gasteiger partial charge on any atom is 0.412 e. The van der Waals surface area contributed by atoms with E-state index in [0.29, 0.717) is 5.69 Å². The Labute approximate surface area is 103 Å². The molecule has 5 heteroatoms. The van der Waals surface area contributed by atoms with Crippen LogP contribution in [0.4, 0.5) is 14.9 Å². The summed E-state index contributed by atoms with van der Waals surface area (Å²) < 4.78 is 12.8. The quantitative estimate of drug-likeness (QED) is 0.905. The van der Waals surface area contributed by atoms with E-state index in [1.54, 1.807) is 24.5 Å². The van der Waals surface area contributed by atoms with Crippen LogP contribution < -0.4 is 4.90 Å². The molecule has 0 aliphatic heterocycles. The topological polar surface area (TPSA) is 53.4 Å². The summed E-state index contributed by atoms with van der Waals surface area (Å²) in [5.74, 6) is -0.395. The Kier molecular flexibility index (Phi) is 3.52. The number of rotatable bonds is 3. The fraction of sp³-hybridized carbons (Fsp3) is 0.0769. The number of benzene rings is 1. The van der Waals surface area contributed by atoms with Crippen molar-refractivity contribution >= 4 is 11.8 Å². The molecule has 0 saturated carbocycles. The number of amides is 1. The second kappa shape index (κ2) is 5.27. The molecule has 4 nitrogen and oxygen atoms in total. The lowest BCUT2D eigenvalue weighted by Crippen LogP contribution is -2.28. The number of carbonyl (C=O) groups is 1. The van der Waals surface area contributed by atoms with Crippen LogP contribution in [0.25, 0.3) is 0 Å². The molecule has 18 heavy (non-hydrogen) atoms. The third kappa shape index (κ3) is 2.82. The molecule has 1 aromatic carbocycles. The van der Waals surface area contributed by atoms with Crippen LogP contribution in [0.5, 0.6) is 0 Å². The number of aromatic nitrogens is 1.